The van der Waals surface area contributed by atoms with Gasteiger partial charge in [-0.05, 0) is 30.3 Å². The van der Waals surface area contributed by atoms with E-state index in [1.165, 1.54) is 12.1 Å². The van der Waals surface area contributed by atoms with Gasteiger partial charge in [-0.1, -0.05) is 41.0 Å². The van der Waals surface area contributed by atoms with E-state index in [-0.39, 0.29) is 18.0 Å². The molecule has 0 aliphatic heterocycles. The lowest BCUT2D eigenvalue weighted by atomic mass is 10.2. The second-order valence-electron chi connectivity index (χ2n) is 6.24. The van der Waals surface area contributed by atoms with Crippen molar-refractivity contribution in [1.29, 1.82) is 0 Å². The van der Waals surface area contributed by atoms with Gasteiger partial charge in [0.2, 0.25) is 5.91 Å². The third-order valence-electron chi connectivity index (χ3n) is 3.98. The van der Waals surface area contributed by atoms with Crippen LogP contribution in [0.15, 0.2) is 47.6 Å². The fourth-order valence-corrected chi connectivity index (χ4v) is 3.49. The molecular weight excluding hydrogens is 476 g/mol. The Hall–Kier alpha value is -2.43. The maximum atomic E-state index is 12.8. The third kappa shape index (κ3) is 6.28. The summed E-state index contributed by atoms with van der Waals surface area (Å²) in [5, 5.41) is 11.8. The second kappa shape index (κ2) is 9.80. The molecule has 3 aromatic rings. The van der Waals surface area contributed by atoms with Gasteiger partial charge in [-0.25, -0.2) is 0 Å². The number of nitrogens with zero attached hydrogens (tertiary/aromatic N) is 3. The molecule has 31 heavy (non-hydrogen) atoms. The highest BCUT2D eigenvalue weighted by atomic mass is 35.5. The molecule has 0 bridgehead atoms. The SMILES string of the molecule is Cn1c(COc2cc(Cl)ccc2Cl)nnc1SCC(=O)Nc1cccc(C(F)(F)F)c1. The summed E-state index contributed by atoms with van der Waals surface area (Å²) in [6.45, 7) is 0.0700. The molecule has 1 N–H and O–H groups in total. The fraction of sp³-hybridized carbons (Fsp3) is 0.211. The van der Waals surface area contributed by atoms with Gasteiger partial charge in [0, 0.05) is 23.8 Å². The third-order valence-corrected chi connectivity index (χ3v) is 5.55. The van der Waals surface area contributed by atoms with E-state index in [1.807, 2.05) is 0 Å². The summed E-state index contributed by atoms with van der Waals surface area (Å²) in [6.07, 6.45) is -4.48. The Balaban J connectivity index is 1.56. The van der Waals surface area contributed by atoms with Crippen LogP contribution in [0.25, 0.3) is 0 Å². The number of thioether (sulfide) groups is 1. The van der Waals surface area contributed by atoms with E-state index in [2.05, 4.69) is 15.5 Å². The molecule has 0 spiro atoms. The van der Waals surface area contributed by atoms with Gasteiger partial charge in [-0.2, -0.15) is 13.2 Å². The predicted molar refractivity (Wildman–Crippen MR) is 113 cm³/mol. The number of alkyl halides is 3. The van der Waals surface area contributed by atoms with Crippen molar-refractivity contribution in [3.8, 4) is 5.75 Å². The molecule has 1 aromatic heterocycles. The number of carbonyl (C=O) groups is 1. The molecule has 3 rings (SSSR count). The lowest BCUT2D eigenvalue weighted by molar-refractivity contribution is -0.137. The molecule has 0 saturated carbocycles. The summed E-state index contributed by atoms with van der Waals surface area (Å²) in [5.74, 6) is 0.336. The smallest absolute Gasteiger partial charge is 0.416 e. The molecule has 1 amide bonds. The van der Waals surface area contributed by atoms with Crippen LogP contribution in [0.3, 0.4) is 0 Å². The number of hydrogen-bond acceptors (Lipinski definition) is 5. The molecule has 0 saturated heterocycles. The fourth-order valence-electron chi connectivity index (χ4n) is 2.43. The minimum Gasteiger partial charge on any atom is -0.484 e. The number of anilines is 1. The molecule has 0 radical (unpaired) electrons. The van der Waals surface area contributed by atoms with Gasteiger partial charge >= 0.3 is 6.18 Å². The molecule has 2 aromatic carbocycles. The van der Waals surface area contributed by atoms with Crippen molar-refractivity contribution < 1.29 is 22.7 Å². The molecule has 164 valence electrons. The van der Waals surface area contributed by atoms with Gasteiger partial charge in [-0.15, -0.1) is 10.2 Å². The van der Waals surface area contributed by atoms with E-state index in [4.69, 9.17) is 27.9 Å². The summed E-state index contributed by atoms with van der Waals surface area (Å²) < 4.78 is 45.6. The van der Waals surface area contributed by atoms with Crippen molar-refractivity contribution in [3.63, 3.8) is 0 Å². The number of carbonyl (C=O) groups excluding carboxylic acids is 1. The number of rotatable bonds is 7. The highest BCUT2D eigenvalue weighted by Gasteiger charge is 2.30. The van der Waals surface area contributed by atoms with E-state index >= 15 is 0 Å². The minimum absolute atomic E-state index is 0.0610. The van der Waals surface area contributed by atoms with Gasteiger partial charge in [0.05, 0.1) is 16.3 Å². The summed E-state index contributed by atoms with van der Waals surface area (Å²) in [7, 11) is 1.70. The van der Waals surface area contributed by atoms with Crippen LogP contribution in [0, 0.1) is 0 Å². The number of benzene rings is 2. The van der Waals surface area contributed by atoms with Crippen LogP contribution in [-0.2, 0) is 24.6 Å². The van der Waals surface area contributed by atoms with Crippen molar-refractivity contribution in [3.05, 3.63) is 63.9 Å². The molecule has 0 fully saturated rings. The largest absolute Gasteiger partial charge is 0.484 e. The summed E-state index contributed by atoms with van der Waals surface area (Å²) >= 11 is 13.1. The first-order valence-corrected chi connectivity index (χ1v) is 10.4. The van der Waals surface area contributed by atoms with Gasteiger partial charge in [0.1, 0.15) is 12.4 Å². The quantitative estimate of drug-likeness (QED) is 0.446. The molecule has 6 nitrogen and oxygen atoms in total. The van der Waals surface area contributed by atoms with E-state index in [0.29, 0.717) is 26.8 Å². The van der Waals surface area contributed by atoms with Crippen LogP contribution in [0.5, 0.6) is 5.75 Å². The molecular formula is C19H15Cl2F3N4O2S. The van der Waals surface area contributed by atoms with Crippen molar-refractivity contribution >= 4 is 46.6 Å². The first-order chi connectivity index (χ1) is 14.6. The molecule has 0 aliphatic rings. The number of ether oxygens (including phenoxy) is 1. The topological polar surface area (TPSA) is 69.0 Å². The summed E-state index contributed by atoms with van der Waals surface area (Å²) in [5.41, 5.74) is -0.776. The van der Waals surface area contributed by atoms with Gasteiger partial charge in [0.15, 0.2) is 11.0 Å². The van der Waals surface area contributed by atoms with E-state index in [9.17, 15) is 18.0 Å². The standard InChI is InChI=1S/C19H15Cl2F3N4O2S/c1-28-16(9-30-15-8-12(20)5-6-14(15)21)26-27-18(28)31-10-17(29)25-13-4-2-3-11(7-13)19(22,23)24/h2-8H,9-10H2,1H3,(H,25,29). The molecule has 1 heterocycles. The Morgan fingerprint density at radius 2 is 1.97 bits per heavy atom. The Labute approximate surface area is 189 Å². The molecule has 0 unspecified atom stereocenters. The number of hydrogen-bond donors (Lipinski definition) is 1. The zero-order valence-corrected chi connectivity index (χ0v) is 18.2. The summed E-state index contributed by atoms with van der Waals surface area (Å²) in [4.78, 5) is 12.1. The zero-order valence-electron chi connectivity index (χ0n) is 15.9. The van der Waals surface area contributed by atoms with E-state index in [0.717, 1.165) is 23.9 Å². The van der Waals surface area contributed by atoms with Crippen LogP contribution < -0.4 is 10.1 Å². The first-order valence-electron chi connectivity index (χ1n) is 8.69. The van der Waals surface area contributed by atoms with E-state index < -0.39 is 17.6 Å². The highest BCUT2D eigenvalue weighted by Crippen LogP contribution is 2.31. The zero-order chi connectivity index (χ0) is 22.6. The Morgan fingerprint density at radius 1 is 1.19 bits per heavy atom. The highest BCUT2D eigenvalue weighted by molar-refractivity contribution is 7.99. The normalized spacial score (nSPS) is 11.4. The molecule has 0 atom stereocenters. The van der Waals surface area contributed by atoms with Gasteiger partial charge in [0.25, 0.3) is 0 Å². The number of halogens is 5. The lowest BCUT2D eigenvalue weighted by Crippen LogP contribution is -2.15. The van der Waals surface area contributed by atoms with Crippen LogP contribution in [0.2, 0.25) is 10.0 Å². The van der Waals surface area contributed by atoms with Crippen LogP contribution >= 0.6 is 35.0 Å². The average Bonchev–Trinajstić information content (AvgIpc) is 3.06. The number of amides is 1. The van der Waals surface area contributed by atoms with Crippen molar-refractivity contribution in [1.82, 2.24) is 14.8 Å². The Kier molecular flexibility index (Phi) is 7.34. The maximum absolute atomic E-state index is 12.8. The number of nitrogens with one attached hydrogen (secondary N) is 1. The minimum atomic E-state index is -4.48. The van der Waals surface area contributed by atoms with Gasteiger partial charge in [-0.3, -0.25) is 4.79 Å². The predicted octanol–water partition coefficient (Wildman–Crippen LogP) is 5.45. The van der Waals surface area contributed by atoms with Gasteiger partial charge < -0.3 is 14.6 Å². The summed E-state index contributed by atoms with van der Waals surface area (Å²) in [6, 6.07) is 9.25. The Bertz CT molecular complexity index is 1090. The molecule has 12 heteroatoms. The van der Waals surface area contributed by atoms with Crippen LogP contribution in [-0.4, -0.2) is 26.4 Å². The van der Waals surface area contributed by atoms with Crippen LogP contribution in [0.1, 0.15) is 11.4 Å². The lowest BCUT2D eigenvalue weighted by Gasteiger charge is -2.10. The number of aromatic nitrogens is 3. The molecule has 0 aliphatic carbocycles. The van der Waals surface area contributed by atoms with Crippen molar-refractivity contribution in [2.75, 3.05) is 11.1 Å². The maximum Gasteiger partial charge on any atom is 0.416 e. The average molecular weight is 491 g/mol. The monoisotopic (exact) mass is 490 g/mol. The van der Waals surface area contributed by atoms with Crippen molar-refractivity contribution in [2.24, 2.45) is 7.05 Å². The second-order valence-corrected chi connectivity index (χ2v) is 8.02. The first kappa shape index (κ1) is 23.2. The van der Waals surface area contributed by atoms with Crippen LogP contribution in [0.4, 0.5) is 18.9 Å². The van der Waals surface area contributed by atoms with Crippen molar-refractivity contribution in [2.45, 2.75) is 17.9 Å². The van der Waals surface area contributed by atoms with E-state index in [1.54, 1.807) is 29.8 Å². The Morgan fingerprint density at radius 3 is 2.71 bits per heavy atom.